The van der Waals surface area contributed by atoms with E-state index in [1.54, 1.807) is 12.4 Å². The molecule has 3 rings (SSSR count). The molecule has 4 nitrogen and oxygen atoms in total. The number of rotatable bonds is 7. The van der Waals surface area contributed by atoms with Gasteiger partial charge in [-0.15, -0.1) is 0 Å². The van der Waals surface area contributed by atoms with Gasteiger partial charge in [-0.05, 0) is 49.4 Å². The average molecular weight is 312 g/mol. The van der Waals surface area contributed by atoms with Crippen LogP contribution in [-0.2, 0) is 6.54 Å². The number of pyridine rings is 1. The van der Waals surface area contributed by atoms with Gasteiger partial charge in [0, 0.05) is 31.0 Å². The Balaban J connectivity index is 1.53. The van der Waals surface area contributed by atoms with Crippen molar-refractivity contribution in [3.8, 4) is 5.75 Å². The van der Waals surface area contributed by atoms with E-state index >= 15 is 0 Å². The summed E-state index contributed by atoms with van der Waals surface area (Å²) in [5.41, 5.74) is 2.02. The standard InChI is InChI=1S/C19H24N2O2/c22-18(15-9-11-20-12-10-15)14-21-13-16-5-1-4-8-19(16)23-17-6-2-3-7-17/h1,4-5,8-12,17-18,21-22H,2-3,6-7,13-14H2. The van der Waals surface area contributed by atoms with Crippen LogP contribution in [0.2, 0.25) is 0 Å². The van der Waals surface area contributed by atoms with Crippen LogP contribution in [0.1, 0.15) is 42.9 Å². The van der Waals surface area contributed by atoms with Crippen LogP contribution in [0, 0.1) is 0 Å². The average Bonchev–Trinajstić information content (AvgIpc) is 3.10. The Morgan fingerprint density at radius 1 is 1.13 bits per heavy atom. The molecule has 1 aliphatic rings. The highest BCUT2D eigenvalue weighted by atomic mass is 16.5. The maximum absolute atomic E-state index is 10.2. The Morgan fingerprint density at radius 3 is 2.65 bits per heavy atom. The smallest absolute Gasteiger partial charge is 0.124 e. The zero-order valence-electron chi connectivity index (χ0n) is 13.3. The molecule has 1 aromatic heterocycles. The summed E-state index contributed by atoms with van der Waals surface area (Å²) in [4.78, 5) is 3.97. The summed E-state index contributed by atoms with van der Waals surface area (Å²) in [6, 6.07) is 11.8. The van der Waals surface area contributed by atoms with E-state index < -0.39 is 6.10 Å². The maximum Gasteiger partial charge on any atom is 0.124 e. The van der Waals surface area contributed by atoms with Crippen molar-refractivity contribution in [2.24, 2.45) is 0 Å². The van der Waals surface area contributed by atoms with Crippen LogP contribution in [-0.4, -0.2) is 22.7 Å². The lowest BCUT2D eigenvalue weighted by Crippen LogP contribution is -2.22. The van der Waals surface area contributed by atoms with Gasteiger partial charge in [-0.2, -0.15) is 0 Å². The van der Waals surface area contributed by atoms with Crippen molar-refractivity contribution in [3.63, 3.8) is 0 Å². The molecule has 1 aromatic carbocycles. The van der Waals surface area contributed by atoms with Crippen molar-refractivity contribution in [2.45, 2.75) is 44.4 Å². The Morgan fingerprint density at radius 2 is 1.87 bits per heavy atom. The largest absolute Gasteiger partial charge is 0.490 e. The monoisotopic (exact) mass is 312 g/mol. The summed E-state index contributed by atoms with van der Waals surface area (Å²) in [5.74, 6) is 0.963. The van der Waals surface area contributed by atoms with Gasteiger partial charge in [-0.25, -0.2) is 0 Å². The molecular weight excluding hydrogens is 288 g/mol. The van der Waals surface area contributed by atoms with Crippen LogP contribution in [0.5, 0.6) is 5.75 Å². The Bertz CT molecular complexity index is 597. The van der Waals surface area contributed by atoms with E-state index in [0.717, 1.165) is 29.7 Å². The lowest BCUT2D eigenvalue weighted by Gasteiger charge is -2.17. The van der Waals surface area contributed by atoms with Gasteiger partial charge in [0.15, 0.2) is 0 Å². The number of ether oxygens (including phenoxy) is 1. The van der Waals surface area contributed by atoms with E-state index in [2.05, 4.69) is 16.4 Å². The molecule has 2 N–H and O–H groups in total. The minimum Gasteiger partial charge on any atom is -0.490 e. The van der Waals surface area contributed by atoms with Crippen molar-refractivity contribution in [2.75, 3.05) is 6.54 Å². The zero-order chi connectivity index (χ0) is 15.9. The molecule has 1 aliphatic carbocycles. The topological polar surface area (TPSA) is 54.4 Å². The van der Waals surface area contributed by atoms with Crippen molar-refractivity contribution in [1.29, 1.82) is 0 Å². The van der Waals surface area contributed by atoms with E-state index in [4.69, 9.17) is 4.74 Å². The molecule has 0 amide bonds. The van der Waals surface area contributed by atoms with Crippen molar-refractivity contribution in [3.05, 3.63) is 59.9 Å². The first-order valence-corrected chi connectivity index (χ1v) is 8.36. The number of hydrogen-bond acceptors (Lipinski definition) is 4. The van der Waals surface area contributed by atoms with Gasteiger partial charge in [0.05, 0.1) is 12.2 Å². The molecule has 1 unspecified atom stereocenters. The maximum atomic E-state index is 10.2. The van der Waals surface area contributed by atoms with E-state index in [-0.39, 0.29) is 0 Å². The SMILES string of the molecule is OC(CNCc1ccccc1OC1CCCC1)c1ccncc1. The highest BCUT2D eigenvalue weighted by Crippen LogP contribution is 2.26. The Labute approximate surface area is 137 Å². The number of aliphatic hydroxyl groups is 1. The molecule has 23 heavy (non-hydrogen) atoms. The lowest BCUT2D eigenvalue weighted by atomic mass is 10.1. The number of hydrogen-bond donors (Lipinski definition) is 2. The first kappa shape index (κ1) is 16.0. The molecule has 4 heteroatoms. The number of aliphatic hydroxyl groups excluding tert-OH is 1. The Hall–Kier alpha value is -1.91. The second kappa shape index (κ2) is 8.09. The highest BCUT2D eigenvalue weighted by molar-refractivity contribution is 5.33. The predicted octanol–water partition coefficient (Wildman–Crippen LogP) is 3.23. The molecule has 0 spiro atoms. The Kier molecular flexibility index (Phi) is 5.61. The van der Waals surface area contributed by atoms with Crippen LogP contribution in [0.15, 0.2) is 48.8 Å². The summed E-state index contributed by atoms with van der Waals surface area (Å²) < 4.78 is 6.14. The van der Waals surface area contributed by atoms with Crippen LogP contribution in [0.3, 0.4) is 0 Å². The van der Waals surface area contributed by atoms with Gasteiger partial charge in [-0.1, -0.05) is 18.2 Å². The van der Waals surface area contributed by atoms with Crippen molar-refractivity contribution in [1.82, 2.24) is 10.3 Å². The normalized spacial score (nSPS) is 16.4. The van der Waals surface area contributed by atoms with E-state index in [1.165, 1.54) is 12.8 Å². The molecule has 1 heterocycles. The lowest BCUT2D eigenvalue weighted by molar-refractivity contribution is 0.173. The zero-order valence-corrected chi connectivity index (χ0v) is 13.3. The molecule has 1 atom stereocenters. The highest BCUT2D eigenvalue weighted by Gasteiger charge is 2.17. The fraction of sp³-hybridized carbons (Fsp3) is 0.421. The number of para-hydroxylation sites is 1. The first-order valence-electron chi connectivity index (χ1n) is 8.36. The number of aromatic nitrogens is 1. The van der Waals surface area contributed by atoms with Gasteiger partial charge in [-0.3, -0.25) is 4.98 Å². The van der Waals surface area contributed by atoms with Crippen LogP contribution >= 0.6 is 0 Å². The van der Waals surface area contributed by atoms with Crippen LogP contribution in [0.25, 0.3) is 0 Å². The van der Waals surface area contributed by atoms with Gasteiger partial charge < -0.3 is 15.2 Å². The second-order valence-corrected chi connectivity index (χ2v) is 6.06. The molecule has 122 valence electrons. The van der Waals surface area contributed by atoms with E-state index in [1.807, 2.05) is 30.3 Å². The molecule has 0 aliphatic heterocycles. The van der Waals surface area contributed by atoms with Crippen molar-refractivity contribution >= 4 is 0 Å². The summed E-state index contributed by atoms with van der Waals surface area (Å²) in [5, 5.41) is 13.5. The fourth-order valence-electron chi connectivity index (χ4n) is 3.00. The number of nitrogens with zero attached hydrogens (tertiary/aromatic N) is 1. The van der Waals surface area contributed by atoms with Gasteiger partial charge in [0.2, 0.25) is 0 Å². The minimum atomic E-state index is -0.527. The predicted molar refractivity (Wildman–Crippen MR) is 90.2 cm³/mol. The summed E-state index contributed by atoms with van der Waals surface area (Å²) in [6.07, 6.45) is 8.07. The molecule has 1 fully saturated rings. The number of benzene rings is 1. The van der Waals surface area contributed by atoms with Gasteiger partial charge >= 0.3 is 0 Å². The van der Waals surface area contributed by atoms with Gasteiger partial charge in [0.1, 0.15) is 5.75 Å². The fourth-order valence-corrected chi connectivity index (χ4v) is 3.00. The third-order valence-electron chi connectivity index (χ3n) is 4.31. The molecule has 1 saturated carbocycles. The van der Waals surface area contributed by atoms with E-state index in [0.29, 0.717) is 19.2 Å². The quantitative estimate of drug-likeness (QED) is 0.824. The van der Waals surface area contributed by atoms with Crippen molar-refractivity contribution < 1.29 is 9.84 Å². The third-order valence-corrected chi connectivity index (χ3v) is 4.31. The van der Waals surface area contributed by atoms with E-state index in [9.17, 15) is 5.11 Å². The third kappa shape index (κ3) is 4.53. The second-order valence-electron chi connectivity index (χ2n) is 6.06. The summed E-state index contributed by atoms with van der Waals surface area (Å²) in [7, 11) is 0. The molecule has 0 bridgehead atoms. The first-order chi connectivity index (χ1) is 11.3. The summed E-state index contributed by atoms with van der Waals surface area (Å²) >= 11 is 0. The summed E-state index contributed by atoms with van der Waals surface area (Å²) in [6.45, 7) is 1.19. The molecule has 0 saturated heterocycles. The van der Waals surface area contributed by atoms with Crippen LogP contribution in [0.4, 0.5) is 0 Å². The molecule has 2 aromatic rings. The molecule has 0 radical (unpaired) electrons. The van der Waals surface area contributed by atoms with Crippen LogP contribution < -0.4 is 10.1 Å². The van der Waals surface area contributed by atoms with Gasteiger partial charge in [0.25, 0.3) is 0 Å². The molecular formula is C19H24N2O2. The number of nitrogens with one attached hydrogen (secondary N) is 1. The minimum absolute atomic E-state index is 0.360.